The maximum Gasteiger partial charge on any atom is 0.311 e. The number of rotatable bonds is 5. The van der Waals surface area contributed by atoms with E-state index >= 15 is 0 Å². The van der Waals surface area contributed by atoms with E-state index in [1.165, 1.54) is 6.07 Å². The van der Waals surface area contributed by atoms with Crippen LogP contribution in [0, 0.1) is 10.1 Å². The summed E-state index contributed by atoms with van der Waals surface area (Å²) in [7, 11) is 1.95. The van der Waals surface area contributed by atoms with E-state index in [0.717, 1.165) is 25.2 Å². The van der Waals surface area contributed by atoms with Gasteiger partial charge in [0, 0.05) is 37.0 Å². The number of ether oxygens (including phenoxy) is 1. The SMILES string of the molecule is CCOc1cc(N2CCC(NC)C2)ccc1[N+](=O)[O-]. The highest BCUT2D eigenvalue weighted by Gasteiger charge is 2.23. The smallest absolute Gasteiger partial charge is 0.311 e. The van der Waals surface area contributed by atoms with E-state index in [1.54, 1.807) is 12.1 Å². The molecule has 1 unspecified atom stereocenters. The Labute approximate surface area is 112 Å². The Bertz CT molecular complexity index is 464. The van der Waals surface area contributed by atoms with Crippen LogP contribution in [-0.4, -0.2) is 37.7 Å². The number of hydrogen-bond acceptors (Lipinski definition) is 5. The molecule has 0 saturated carbocycles. The molecule has 1 atom stereocenters. The lowest BCUT2D eigenvalue weighted by molar-refractivity contribution is -0.385. The molecule has 1 aromatic rings. The molecule has 1 heterocycles. The molecule has 6 heteroatoms. The lowest BCUT2D eigenvalue weighted by Crippen LogP contribution is -2.29. The number of nitrogens with zero attached hydrogens (tertiary/aromatic N) is 2. The van der Waals surface area contributed by atoms with Gasteiger partial charge in [-0.3, -0.25) is 10.1 Å². The highest BCUT2D eigenvalue weighted by molar-refractivity contribution is 5.59. The summed E-state index contributed by atoms with van der Waals surface area (Å²) >= 11 is 0. The van der Waals surface area contributed by atoms with Crippen molar-refractivity contribution in [3.8, 4) is 5.75 Å². The molecule has 1 fully saturated rings. The van der Waals surface area contributed by atoms with Crippen LogP contribution < -0.4 is 15.0 Å². The van der Waals surface area contributed by atoms with E-state index in [-0.39, 0.29) is 5.69 Å². The molecule has 0 amide bonds. The van der Waals surface area contributed by atoms with Gasteiger partial charge in [-0.25, -0.2) is 0 Å². The van der Waals surface area contributed by atoms with Gasteiger partial charge >= 0.3 is 5.69 Å². The molecule has 0 aliphatic carbocycles. The fourth-order valence-corrected chi connectivity index (χ4v) is 2.35. The third kappa shape index (κ3) is 2.96. The van der Waals surface area contributed by atoms with Crippen molar-refractivity contribution in [3.63, 3.8) is 0 Å². The van der Waals surface area contributed by atoms with Gasteiger partial charge in [0.05, 0.1) is 11.5 Å². The average Bonchev–Trinajstić information content (AvgIpc) is 2.87. The number of likely N-dealkylation sites (N-methyl/N-ethyl adjacent to an activating group) is 1. The van der Waals surface area contributed by atoms with Gasteiger partial charge in [-0.05, 0) is 26.5 Å². The summed E-state index contributed by atoms with van der Waals surface area (Å²) in [4.78, 5) is 12.7. The second-order valence-electron chi connectivity index (χ2n) is 4.56. The predicted molar refractivity (Wildman–Crippen MR) is 73.9 cm³/mol. The second kappa shape index (κ2) is 5.88. The van der Waals surface area contributed by atoms with Crippen molar-refractivity contribution in [2.45, 2.75) is 19.4 Å². The van der Waals surface area contributed by atoms with E-state index < -0.39 is 4.92 Å². The molecule has 1 aliphatic heterocycles. The molecule has 19 heavy (non-hydrogen) atoms. The number of hydrogen-bond donors (Lipinski definition) is 1. The molecule has 104 valence electrons. The van der Waals surface area contributed by atoms with Crippen molar-refractivity contribution in [1.29, 1.82) is 0 Å². The first-order chi connectivity index (χ1) is 9.15. The predicted octanol–water partition coefficient (Wildman–Crippen LogP) is 1.79. The zero-order chi connectivity index (χ0) is 13.8. The van der Waals surface area contributed by atoms with Crippen LogP contribution in [0.15, 0.2) is 18.2 Å². The highest BCUT2D eigenvalue weighted by Crippen LogP contribution is 2.32. The van der Waals surface area contributed by atoms with Crippen LogP contribution in [-0.2, 0) is 0 Å². The first-order valence-electron chi connectivity index (χ1n) is 6.49. The maximum absolute atomic E-state index is 10.9. The van der Waals surface area contributed by atoms with Gasteiger partial charge in [-0.15, -0.1) is 0 Å². The van der Waals surface area contributed by atoms with Gasteiger partial charge in [0.1, 0.15) is 0 Å². The van der Waals surface area contributed by atoms with Crippen LogP contribution >= 0.6 is 0 Å². The molecule has 0 spiro atoms. The van der Waals surface area contributed by atoms with Gasteiger partial charge in [-0.2, -0.15) is 0 Å². The van der Waals surface area contributed by atoms with E-state index in [2.05, 4.69) is 10.2 Å². The van der Waals surface area contributed by atoms with E-state index in [9.17, 15) is 10.1 Å². The summed E-state index contributed by atoms with van der Waals surface area (Å²) in [6, 6.07) is 5.55. The number of benzene rings is 1. The standard InChI is InChI=1S/C13H19N3O3/c1-3-19-13-8-11(4-5-12(13)16(17)18)15-7-6-10(9-15)14-2/h4-5,8,10,14H,3,6-7,9H2,1-2H3. The summed E-state index contributed by atoms with van der Waals surface area (Å²) in [5.41, 5.74) is 1.00. The molecular weight excluding hydrogens is 246 g/mol. The first kappa shape index (κ1) is 13.6. The summed E-state index contributed by atoms with van der Waals surface area (Å²) in [6.07, 6.45) is 1.08. The highest BCUT2D eigenvalue weighted by atomic mass is 16.6. The summed E-state index contributed by atoms with van der Waals surface area (Å²) in [5.74, 6) is 0.345. The van der Waals surface area contributed by atoms with Crippen LogP contribution in [0.25, 0.3) is 0 Å². The van der Waals surface area contributed by atoms with Crippen LogP contribution in [0.1, 0.15) is 13.3 Å². The fourth-order valence-electron chi connectivity index (χ4n) is 2.35. The fraction of sp³-hybridized carbons (Fsp3) is 0.538. The van der Waals surface area contributed by atoms with Crippen molar-refractivity contribution < 1.29 is 9.66 Å². The minimum absolute atomic E-state index is 0.0231. The van der Waals surface area contributed by atoms with Gasteiger partial charge in [0.15, 0.2) is 5.75 Å². The van der Waals surface area contributed by atoms with Crippen LogP contribution in [0.5, 0.6) is 5.75 Å². The monoisotopic (exact) mass is 265 g/mol. The normalized spacial score (nSPS) is 18.6. The van der Waals surface area contributed by atoms with Gasteiger partial charge in [-0.1, -0.05) is 0 Å². The first-order valence-corrected chi connectivity index (χ1v) is 6.49. The molecule has 1 saturated heterocycles. The van der Waals surface area contributed by atoms with Gasteiger partial charge in [0.25, 0.3) is 0 Å². The quantitative estimate of drug-likeness (QED) is 0.649. The lowest BCUT2D eigenvalue weighted by atomic mass is 10.2. The van der Waals surface area contributed by atoms with Crippen LogP contribution in [0.3, 0.4) is 0 Å². The Kier molecular flexibility index (Phi) is 4.21. The molecule has 2 rings (SSSR count). The molecule has 1 aromatic carbocycles. The Hall–Kier alpha value is -1.82. The van der Waals surface area contributed by atoms with Gasteiger partial charge in [0.2, 0.25) is 0 Å². The molecule has 0 radical (unpaired) electrons. The Morgan fingerprint density at radius 2 is 2.37 bits per heavy atom. The van der Waals surface area contributed by atoms with Crippen LogP contribution in [0.2, 0.25) is 0 Å². The van der Waals surface area contributed by atoms with Crippen molar-refractivity contribution in [2.75, 3.05) is 31.6 Å². The van der Waals surface area contributed by atoms with Crippen molar-refractivity contribution in [2.24, 2.45) is 0 Å². The number of nitro benzene ring substituents is 1. The van der Waals surface area contributed by atoms with Crippen molar-refractivity contribution in [1.82, 2.24) is 5.32 Å². The summed E-state index contributed by atoms with van der Waals surface area (Å²) in [6.45, 7) is 4.11. The van der Waals surface area contributed by atoms with E-state index in [0.29, 0.717) is 18.4 Å². The molecule has 6 nitrogen and oxygen atoms in total. The molecule has 0 aromatic heterocycles. The zero-order valence-electron chi connectivity index (χ0n) is 11.3. The van der Waals surface area contributed by atoms with Crippen molar-refractivity contribution in [3.05, 3.63) is 28.3 Å². The molecule has 1 aliphatic rings. The summed E-state index contributed by atoms with van der Waals surface area (Å²) < 4.78 is 5.37. The minimum Gasteiger partial charge on any atom is -0.487 e. The zero-order valence-corrected chi connectivity index (χ0v) is 11.3. The third-order valence-corrected chi connectivity index (χ3v) is 3.40. The summed E-state index contributed by atoms with van der Waals surface area (Å²) in [5, 5.41) is 14.2. The van der Waals surface area contributed by atoms with Crippen molar-refractivity contribution >= 4 is 11.4 Å². The number of nitrogens with one attached hydrogen (secondary N) is 1. The maximum atomic E-state index is 10.9. The second-order valence-corrected chi connectivity index (χ2v) is 4.56. The number of anilines is 1. The average molecular weight is 265 g/mol. The molecule has 0 bridgehead atoms. The topological polar surface area (TPSA) is 67.6 Å². The Balaban J connectivity index is 2.23. The van der Waals surface area contributed by atoms with E-state index in [1.807, 2.05) is 14.0 Å². The third-order valence-electron chi connectivity index (χ3n) is 3.40. The largest absolute Gasteiger partial charge is 0.487 e. The van der Waals surface area contributed by atoms with Gasteiger partial charge < -0.3 is 15.0 Å². The molecular formula is C13H19N3O3. The molecule has 1 N–H and O–H groups in total. The van der Waals surface area contributed by atoms with Crippen LogP contribution in [0.4, 0.5) is 11.4 Å². The number of nitro groups is 1. The minimum atomic E-state index is -0.408. The Morgan fingerprint density at radius 3 is 2.95 bits per heavy atom. The Morgan fingerprint density at radius 1 is 1.58 bits per heavy atom. The van der Waals surface area contributed by atoms with E-state index in [4.69, 9.17) is 4.74 Å². The lowest BCUT2D eigenvalue weighted by Gasteiger charge is -2.19.